The molecule has 0 heterocycles. The topological polar surface area (TPSA) is 67.4 Å². The van der Waals surface area contributed by atoms with Crippen molar-refractivity contribution in [1.29, 1.82) is 0 Å². The van der Waals surface area contributed by atoms with Crippen molar-refractivity contribution >= 4 is 29.3 Å². The number of rotatable bonds is 8. The third-order valence-corrected chi connectivity index (χ3v) is 4.35. The Kier molecular flexibility index (Phi) is 7.60. The number of benzene rings is 2. The van der Waals surface area contributed by atoms with Gasteiger partial charge in [-0.1, -0.05) is 12.1 Å². The van der Waals surface area contributed by atoms with Gasteiger partial charge in [0.15, 0.2) is 0 Å². The van der Waals surface area contributed by atoms with E-state index < -0.39 is 6.61 Å². The van der Waals surface area contributed by atoms with Crippen molar-refractivity contribution in [2.45, 2.75) is 31.4 Å². The number of alkyl halides is 2. The van der Waals surface area contributed by atoms with E-state index >= 15 is 0 Å². The molecule has 0 spiro atoms. The predicted molar refractivity (Wildman–Crippen MR) is 101 cm³/mol. The highest BCUT2D eigenvalue weighted by Gasteiger charge is 2.14. The van der Waals surface area contributed by atoms with Gasteiger partial charge in [0, 0.05) is 16.6 Å². The van der Waals surface area contributed by atoms with Crippen LogP contribution in [0.15, 0.2) is 53.4 Å². The van der Waals surface area contributed by atoms with Gasteiger partial charge in [-0.25, -0.2) is 0 Å². The van der Waals surface area contributed by atoms with Crippen LogP contribution in [0.1, 0.15) is 24.2 Å². The van der Waals surface area contributed by atoms with Gasteiger partial charge in [0.1, 0.15) is 5.75 Å². The summed E-state index contributed by atoms with van der Waals surface area (Å²) in [4.78, 5) is 25.0. The molecule has 2 N–H and O–H groups in total. The Balaban J connectivity index is 2.02. The summed E-state index contributed by atoms with van der Waals surface area (Å²) in [7, 11) is 0. The Morgan fingerprint density at radius 3 is 2.37 bits per heavy atom. The van der Waals surface area contributed by atoms with E-state index in [0.29, 0.717) is 16.1 Å². The molecule has 2 rings (SSSR count). The van der Waals surface area contributed by atoms with E-state index in [0.717, 1.165) is 0 Å². The number of carbonyl (C=O) groups excluding carboxylic acids is 2. The summed E-state index contributed by atoms with van der Waals surface area (Å²) in [6.45, 7) is 0.852. The lowest BCUT2D eigenvalue weighted by atomic mass is 10.2. The molecule has 2 aromatic rings. The zero-order valence-electron chi connectivity index (χ0n) is 14.9. The first-order valence-corrected chi connectivity index (χ1v) is 9.21. The molecular formula is C19H20F2N2O3S. The van der Waals surface area contributed by atoms with Gasteiger partial charge in [-0.2, -0.15) is 8.78 Å². The molecule has 0 bridgehead atoms. The fourth-order valence-corrected chi connectivity index (χ4v) is 3.07. The van der Waals surface area contributed by atoms with E-state index in [9.17, 15) is 18.4 Å². The van der Waals surface area contributed by atoms with E-state index in [2.05, 4.69) is 15.4 Å². The summed E-state index contributed by atoms with van der Waals surface area (Å²) in [6.07, 6.45) is 0. The van der Waals surface area contributed by atoms with Crippen LogP contribution in [0.4, 0.5) is 14.5 Å². The SMILES string of the molecule is CC(C)NC(=O)CSc1ccccc1C(=O)Nc1ccc(OC(F)F)cc1. The standard InChI is InChI=1S/C19H20F2N2O3S/c1-12(2)22-17(24)11-27-16-6-4-3-5-15(16)18(25)23-13-7-9-14(10-8-13)26-19(20)21/h3-10,12,19H,11H2,1-2H3,(H,22,24)(H,23,25). The van der Waals surface area contributed by atoms with E-state index in [4.69, 9.17) is 0 Å². The van der Waals surface area contributed by atoms with Gasteiger partial charge >= 0.3 is 6.61 Å². The largest absolute Gasteiger partial charge is 0.435 e. The van der Waals surface area contributed by atoms with E-state index in [1.165, 1.54) is 36.0 Å². The van der Waals surface area contributed by atoms with Crippen LogP contribution in [0.25, 0.3) is 0 Å². The Hall–Kier alpha value is -2.61. The average molecular weight is 394 g/mol. The van der Waals surface area contributed by atoms with E-state index in [1.807, 2.05) is 13.8 Å². The molecule has 0 radical (unpaired) electrons. The van der Waals surface area contributed by atoms with Crippen molar-refractivity contribution in [3.05, 3.63) is 54.1 Å². The minimum Gasteiger partial charge on any atom is -0.435 e. The summed E-state index contributed by atoms with van der Waals surface area (Å²) in [6, 6.07) is 12.6. The molecule has 0 atom stereocenters. The number of thioether (sulfide) groups is 1. The lowest BCUT2D eigenvalue weighted by Gasteiger charge is -2.11. The first-order chi connectivity index (χ1) is 12.8. The Bertz CT molecular complexity index is 783. The van der Waals surface area contributed by atoms with Crippen LogP contribution in [0.3, 0.4) is 0 Å². The van der Waals surface area contributed by atoms with Crippen LogP contribution >= 0.6 is 11.8 Å². The lowest BCUT2D eigenvalue weighted by molar-refractivity contribution is -0.119. The molecule has 2 amide bonds. The molecule has 0 saturated heterocycles. The summed E-state index contributed by atoms with van der Waals surface area (Å²) >= 11 is 1.27. The molecule has 0 aliphatic rings. The highest BCUT2D eigenvalue weighted by Crippen LogP contribution is 2.24. The van der Waals surface area contributed by atoms with Crippen molar-refractivity contribution in [1.82, 2.24) is 5.32 Å². The second-order valence-electron chi connectivity index (χ2n) is 5.86. The maximum Gasteiger partial charge on any atom is 0.387 e. The average Bonchev–Trinajstić information content (AvgIpc) is 2.61. The first-order valence-electron chi connectivity index (χ1n) is 8.22. The number of ether oxygens (including phenoxy) is 1. The zero-order chi connectivity index (χ0) is 19.8. The number of amides is 2. The van der Waals surface area contributed by atoms with Crippen molar-refractivity contribution in [2.24, 2.45) is 0 Å². The Labute approximate surface area is 160 Å². The van der Waals surface area contributed by atoms with Crippen LogP contribution in [0.2, 0.25) is 0 Å². The molecule has 2 aromatic carbocycles. The minimum atomic E-state index is -2.90. The van der Waals surface area contributed by atoms with Gasteiger partial charge in [0.05, 0.1) is 11.3 Å². The van der Waals surface area contributed by atoms with Gasteiger partial charge in [0.25, 0.3) is 5.91 Å². The van der Waals surface area contributed by atoms with Gasteiger partial charge < -0.3 is 15.4 Å². The van der Waals surface area contributed by atoms with Crippen molar-refractivity contribution < 1.29 is 23.1 Å². The van der Waals surface area contributed by atoms with Gasteiger partial charge in [0.2, 0.25) is 5.91 Å². The summed E-state index contributed by atoms with van der Waals surface area (Å²) in [5.74, 6) is -0.262. The predicted octanol–water partition coefficient (Wildman–Crippen LogP) is 4.16. The van der Waals surface area contributed by atoms with Crippen LogP contribution in [-0.2, 0) is 4.79 Å². The number of hydrogen-bond acceptors (Lipinski definition) is 4. The van der Waals surface area contributed by atoms with E-state index in [-0.39, 0.29) is 29.4 Å². The van der Waals surface area contributed by atoms with E-state index in [1.54, 1.807) is 24.3 Å². The second-order valence-corrected chi connectivity index (χ2v) is 6.88. The molecule has 27 heavy (non-hydrogen) atoms. The highest BCUT2D eigenvalue weighted by molar-refractivity contribution is 8.00. The fraction of sp³-hybridized carbons (Fsp3) is 0.263. The van der Waals surface area contributed by atoms with Crippen LogP contribution in [0, 0.1) is 0 Å². The molecular weight excluding hydrogens is 374 g/mol. The lowest BCUT2D eigenvalue weighted by Crippen LogP contribution is -2.31. The number of hydrogen-bond donors (Lipinski definition) is 2. The monoisotopic (exact) mass is 394 g/mol. The molecule has 0 saturated carbocycles. The number of nitrogens with one attached hydrogen (secondary N) is 2. The zero-order valence-corrected chi connectivity index (χ0v) is 15.7. The third kappa shape index (κ3) is 6.90. The highest BCUT2D eigenvalue weighted by atomic mass is 32.2. The molecule has 0 aliphatic heterocycles. The Morgan fingerprint density at radius 2 is 1.74 bits per heavy atom. The first kappa shape index (κ1) is 20.7. The molecule has 5 nitrogen and oxygen atoms in total. The quantitative estimate of drug-likeness (QED) is 0.660. The molecule has 144 valence electrons. The van der Waals surface area contributed by atoms with Crippen LogP contribution < -0.4 is 15.4 Å². The maximum absolute atomic E-state index is 12.5. The molecule has 0 unspecified atom stereocenters. The second kappa shape index (κ2) is 9.91. The normalized spacial score (nSPS) is 10.7. The molecule has 0 aromatic heterocycles. The minimum absolute atomic E-state index is 0.00937. The summed E-state index contributed by atoms with van der Waals surface area (Å²) < 4.78 is 28.6. The van der Waals surface area contributed by atoms with Gasteiger partial charge in [-0.3, -0.25) is 9.59 Å². The van der Waals surface area contributed by atoms with Crippen molar-refractivity contribution in [2.75, 3.05) is 11.1 Å². The molecule has 8 heteroatoms. The maximum atomic E-state index is 12.5. The fourth-order valence-electron chi connectivity index (χ4n) is 2.21. The van der Waals surface area contributed by atoms with Crippen LogP contribution in [-0.4, -0.2) is 30.2 Å². The number of carbonyl (C=O) groups is 2. The summed E-state index contributed by atoms with van der Waals surface area (Å²) in [5, 5.41) is 5.50. The van der Waals surface area contributed by atoms with Gasteiger partial charge in [-0.15, -0.1) is 11.8 Å². The van der Waals surface area contributed by atoms with Crippen LogP contribution in [0.5, 0.6) is 5.75 Å². The molecule has 0 aliphatic carbocycles. The summed E-state index contributed by atoms with van der Waals surface area (Å²) in [5.41, 5.74) is 0.867. The molecule has 0 fully saturated rings. The van der Waals surface area contributed by atoms with Crippen molar-refractivity contribution in [3.8, 4) is 5.75 Å². The Morgan fingerprint density at radius 1 is 1.07 bits per heavy atom. The van der Waals surface area contributed by atoms with Gasteiger partial charge in [-0.05, 0) is 50.2 Å². The number of anilines is 1. The number of halogens is 2. The smallest absolute Gasteiger partial charge is 0.387 e. The third-order valence-electron chi connectivity index (χ3n) is 3.28. The van der Waals surface area contributed by atoms with Crippen molar-refractivity contribution in [3.63, 3.8) is 0 Å².